The van der Waals surface area contributed by atoms with Crippen LogP contribution in [0, 0.1) is 12.8 Å². The van der Waals surface area contributed by atoms with Gasteiger partial charge in [0.2, 0.25) is 5.91 Å². The lowest BCUT2D eigenvalue weighted by molar-refractivity contribution is -0.136. The molecule has 3 aromatic rings. The number of benzene rings is 1. The molecule has 1 aromatic carbocycles. The SMILES string of the molecule is COc1ccc(N2CCN(C(=O)[C@@H]3CCCN(c4ncnc5onc(C)c45)C3)CC2)cc1. The minimum absolute atomic E-state index is 0.0264. The van der Waals surface area contributed by atoms with Crippen molar-refractivity contribution in [2.24, 2.45) is 5.92 Å². The number of methoxy groups -OCH3 is 1. The van der Waals surface area contributed by atoms with Crippen molar-refractivity contribution in [3.8, 4) is 5.75 Å². The zero-order valence-corrected chi connectivity index (χ0v) is 18.5. The van der Waals surface area contributed by atoms with Crippen molar-refractivity contribution in [1.82, 2.24) is 20.0 Å². The quantitative estimate of drug-likeness (QED) is 0.617. The molecule has 168 valence electrons. The minimum Gasteiger partial charge on any atom is -0.497 e. The van der Waals surface area contributed by atoms with E-state index in [1.807, 2.05) is 24.0 Å². The van der Waals surface area contributed by atoms with Crippen molar-refractivity contribution in [2.75, 3.05) is 56.2 Å². The van der Waals surface area contributed by atoms with Crippen molar-refractivity contribution < 1.29 is 14.1 Å². The first-order chi connectivity index (χ1) is 15.6. The summed E-state index contributed by atoms with van der Waals surface area (Å²) in [7, 11) is 1.67. The third kappa shape index (κ3) is 3.83. The van der Waals surface area contributed by atoms with E-state index in [9.17, 15) is 4.79 Å². The zero-order chi connectivity index (χ0) is 22.1. The first-order valence-corrected chi connectivity index (χ1v) is 11.1. The van der Waals surface area contributed by atoms with Gasteiger partial charge in [0.25, 0.3) is 5.71 Å². The van der Waals surface area contributed by atoms with Crippen molar-refractivity contribution >= 4 is 28.5 Å². The highest BCUT2D eigenvalue weighted by atomic mass is 16.5. The minimum atomic E-state index is -0.0264. The summed E-state index contributed by atoms with van der Waals surface area (Å²) in [6.45, 7) is 6.57. The van der Waals surface area contributed by atoms with Crippen LogP contribution in [0.5, 0.6) is 5.75 Å². The van der Waals surface area contributed by atoms with E-state index in [0.717, 1.165) is 68.2 Å². The number of piperazine rings is 1. The Labute approximate surface area is 186 Å². The highest BCUT2D eigenvalue weighted by molar-refractivity contribution is 5.88. The smallest absolute Gasteiger partial charge is 0.263 e. The van der Waals surface area contributed by atoms with Gasteiger partial charge in [-0.25, -0.2) is 4.98 Å². The van der Waals surface area contributed by atoms with Crippen LogP contribution in [0.3, 0.4) is 0 Å². The number of amides is 1. The summed E-state index contributed by atoms with van der Waals surface area (Å²) in [6.07, 6.45) is 3.37. The Balaban J connectivity index is 1.23. The third-order valence-electron chi connectivity index (χ3n) is 6.52. The van der Waals surface area contributed by atoms with Crippen molar-refractivity contribution in [2.45, 2.75) is 19.8 Å². The van der Waals surface area contributed by atoms with Gasteiger partial charge in [-0.2, -0.15) is 4.98 Å². The summed E-state index contributed by atoms with van der Waals surface area (Å²) in [4.78, 5) is 28.5. The Kier molecular flexibility index (Phi) is 5.55. The number of aryl methyl sites for hydroxylation is 1. The zero-order valence-electron chi connectivity index (χ0n) is 18.5. The maximum atomic E-state index is 13.3. The maximum Gasteiger partial charge on any atom is 0.263 e. The molecule has 0 N–H and O–H groups in total. The summed E-state index contributed by atoms with van der Waals surface area (Å²) in [5.74, 6) is 1.89. The van der Waals surface area contributed by atoms with Gasteiger partial charge in [-0.15, -0.1) is 0 Å². The Bertz CT molecular complexity index is 1090. The van der Waals surface area contributed by atoms with Gasteiger partial charge in [0, 0.05) is 45.0 Å². The predicted molar refractivity (Wildman–Crippen MR) is 121 cm³/mol. The van der Waals surface area contributed by atoms with Crippen LogP contribution in [-0.4, -0.2) is 72.3 Å². The molecular formula is C23H28N6O3. The van der Waals surface area contributed by atoms with Gasteiger partial charge in [0.05, 0.1) is 18.7 Å². The lowest BCUT2D eigenvalue weighted by atomic mass is 9.96. The van der Waals surface area contributed by atoms with E-state index in [-0.39, 0.29) is 11.8 Å². The number of rotatable bonds is 4. The molecule has 0 spiro atoms. The normalized spacial score (nSPS) is 19.4. The Morgan fingerprint density at radius 3 is 2.59 bits per heavy atom. The number of piperidine rings is 1. The van der Waals surface area contributed by atoms with Gasteiger partial charge in [-0.1, -0.05) is 5.16 Å². The topological polar surface area (TPSA) is 87.8 Å². The lowest BCUT2D eigenvalue weighted by Crippen LogP contribution is -2.52. The fourth-order valence-electron chi connectivity index (χ4n) is 4.75. The van der Waals surface area contributed by atoms with Crippen LogP contribution in [0.1, 0.15) is 18.5 Å². The van der Waals surface area contributed by atoms with E-state index in [1.165, 1.54) is 12.0 Å². The summed E-state index contributed by atoms with van der Waals surface area (Å²) >= 11 is 0. The molecule has 0 saturated carbocycles. The first kappa shape index (κ1) is 20.5. The van der Waals surface area contributed by atoms with Gasteiger partial charge in [0.15, 0.2) is 0 Å². The highest BCUT2D eigenvalue weighted by Gasteiger charge is 2.32. The van der Waals surface area contributed by atoms with Gasteiger partial charge < -0.3 is 24.0 Å². The largest absolute Gasteiger partial charge is 0.497 e. The van der Waals surface area contributed by atoms with Crippen LogP contribution < -0.4 is 14.5 Å². The van der Waals surface area contributed by atoms with Gasteiger partial charge in [0.1, 0.15) is 23.3 Å². The molecule has 2 aromatic heterocycles. The molecule has 5 rings (SSSR count). The average molecular weight is 437 g/mol. The molecule has 1 atom stereocenters. The standard InChI is InChI=1S/C23H28N6O3/c1-16-20-21(24-15-25-22(20)32-26-16)29-9-3-4-17(14-29)23(30)28-12-10-27(11-13-28)18-5-7-19(31-2)8-6-18/h5-8,15,17H,3-4,9-14H2,1-2H3/t17-/m1/s1. The highest BCUT2D eigenvalue weighted by Crippen LogP contribution is 2.30. The number of ether oxygens (including phenoxy) is 1. The second-order valence-corrected chi connectivity index (χ2v) is 8.44. The number of nitrogens with zero attached hydrogens (tertiary/aromatic N) is 6. The Hall–Kier alpha value is -3.36. The molecule has 2 aliphatic rings. The molecule has 0 aliphatic carbocycles. The van der Waals surface area contributed by atoms with Gasteiger partial charge >= 0.3 is 0 Å². The van der Waals surface area contributed by atoms with Crippen LogP contribution in [0.2, 0.25) is 0 Å². The average Bonchev–Trinajstić information content (AvgIpc) is 3.25. The number of aromatic nitrogens is 3. The molecule has 2 fully saturated rings. The van der Waals surface area contributed by atoms with Crippen LogP contribution in [-0.2, 0) is 4.79 Å². The monoisotopic (exact) mass is 436 g/mol. The maximum absolute atomic E-state index is 13.3. The van der Waals surface area contributed by atoms with Crippen LogP contribution in [0.15, 0.2) is 35.1 Å². The number of carbonyl (C=O) groups excluding carboxylic acids is 1. The summed E-state index contributed by atoms with van der Waals surface area (Å²) in [5, 5.41) is 4.87. The molecule has 9 heteroatoms. The predicted octanol–water partition coefficient (Wildman–Crippen LogP) is 2.50. The summed E-state index contributed by atoms with van der Waals surface area (Å²) < 4.78 is 10.5. The molecular weight excluding hydrogens is 408 g/mol. The van der Waals surface area contributed by atoms with Crippen molar-refractivity contribution in [3.05, 3.63) is 36.3 Å². The van der Waals surface area contributed by atoms with Crippen molar-refractivity contribution in [3.63, 3.8) is 0 Å². The molecule has 0 radical (unpaired) electrons. The Morgan fingerprint density at radius 1 is 1.06 bits per heavy atom. The van der Waals surface area contributed by atoms with Crippen molar-refractivity contribution in [1.29, 1.82) is 0 Å². The molecule has 4 heterocycles. The fourth-order valence-corrected chi connectivity index (χ4v) is 4.75. The van der Waals surface area contributed by atoms with Crippen LogP contribution in [0.4, 0.5) is 11.5 Å². The number of fused-ring (bicyclic) bond motifs is 1. The second kappa shape index (κ2) is 8.64. The number of hydrogen-bond donors (Lipinski definition) is 0. The number of hydrogen-bond acceptors (Lipinski definition) is 8. The van der Waals surface area contributed by atoms with E-state index in [1.54, 1.807) is 7.11 Å². The van der Waals surface area contributed by atoms with E-state index in [0.29, 0.717) is 12.3 Å². The molecule has 32 heavy (non-hydrogen) atoms. The molecule has 9 nitrogen and oxygen atoms in total. The third-order valence-corrected chi connectivity index (χ3v) is 6.52. The summed E-state index contributed by atoms with van der Waals surface area (Å²) in [6, 6.07) is 8.10. The first-order valence-electron chi connectivity index (χ1n) is 11.1. The Morgan fingerprint density at radius 2 is 1.84 bits per heavy atom. The molecule has 1 amide bonds. The number of carbonyl (C=O) groups is 1. The van der Waals surface area contributed by atoms with Gasteiger partial charge in [-0.3, -0.25) is 4.79 Å². The lowest BCUT2D eigenvalue weighted by Gasteiger charge is -2.40. The van der Waals surface area contributed by atoms with E-state index in [4.69, 9.17) is 9.26 Å². The van der Waals surface area contributed by atoms with Crippen LogP contribution in [0.25, 0.3) is 11.1 Å². The number of anilines is 2. The second-order valence-electron chi connectivity index (χ2n) is 8.44. The molecule has 0 bridgehead atoms. The molecule has 0 unspecified atom stereocenters. The summed E-state index contributed by atoms with van der Waals surface area (Å²) in [5.41, 5.74) is 2.44. The molecule has 2 aliphatic heterocycles. The fraction of sp³-hybridized carbons (Fsp3) is 0.478. The van der Waals surface area contributed by atoms with Gasteiger partial charge in [-0.05, 0) is 44.0 Å². The van der Waals surface area contributed by atoms with E-state index < -0.39 is 0 Å². The molecule has 2 saturated heterocycles. The van der Waals surface area contributed by atoms with Crippen LogP contribution >= 0.6 is 0 Å². The van der Waals surface area contributed by atoms with E-state index in [2.05, 4.69) is 37.1 Å². The van der Waals surface area contributed by atoms with E-state index >= 15 is 0 Å².